The molecule has 1 fully saturated rings. The summed E-state index contributed by atoms with van der Waals surface area (Å²) in [5, 5.41) is 2.81. The first-order valence-electron chi connectivity index (χ1n) is 9.62. The molecule has 0 aliphatic carbocycles. The Morgan fingerprint density at radius 2 is 1.72 bits per heavy atom. The Kier molecular flexibility index (Phi) is 6.33. The van der Waals surface area contributed by atoms with Crippen LogP contribution < -0.4 is 11.1 Å². The van der Waals surface area contributed by atoms with Crippen LogP contribution in [0.2, 0.25) is 0 Å². The van der Waals surface area contributed by atoms with E-state index >= 15 is 0 Å². The number of nitrogens with two attached hydrogens (primary N) is 1. The number of amides is 3. The summed E-state index contributed by atoms with van der Waals surface area (Å²) in [6.07, 6.45) is 0.353. The van der Waals surface area contributed by atoms with Crippen LogP contribution >= 0.6 is 0 Å². The van der Waals surface area contributed by atoms with E-state index < -0.39 is 5.91 Å². The van der Waals surface area contributed by atoms with Gasteiger partial charge in [0.05, 0.1) is 5.56 Å². The number of nitrogens with one attached hydrogen (secondary N) is 1. The molecule has 0 bridgehead atoms. The number of anilines is 1. The second-order valence-electron chi connectivity index (χ2n) is 7.20. The number of piperazine rings is 1. The number of nitrogens with zero attached hydrogens (tertiary/aromatic N) is 2. The molecule has 8 heteroatoms. The predicted octanol–water partition coefficient (Wildman–Crippen LogP) is 1.78. The smallest absolute Gasteiger partial charge is 0.257 e. The Morgan fingerprint density at radius 3 is 2.28 bits per heavy atom. The third kappa shape index (κ3) is 5.23. The highest BCUT2D eigenvalue weighted by Crippen LogP contribution is 2.17. The van der Waals surface area contributed by atoms with Gasteiger partial charge in [0, 0.05) is 50.4 Å². The molecule has 0 unspecified atom stereocenters. The SMILES string of the molecule is Cc1cc(C(=O)N2CCN(CCC(=O)Nc3ccc(C(N)=O)cc3)CC2)c(C)o1. The Bertz CT molecular complexity index is 896. The first-order valence-corrected chi connectivity index (χ1v) is 9.62. The number of rotatable bonds is 6. The van der Waals surface area contributed by atoms with Crippen molar-refractivity contribution >= 4 is 23.4 Å². The van der Waals surface area contributed by atoms with E-state index in [9.17, 15) is 14.4 Å². The van der Waals surface area contributed by atoms with Gasteiger partial charge in [-0.1, -0.05) is 0 Å². The molecule has 29 heavy (non-hydrogen) atoms. The van der Waals surface area contributed by atoms with Crippen molar-refractivity contribution < 1.29 is 18.8 Å². The number of primary amides is 1. The van der Waals surface area contributed by atoms with Gasteiger partial charge in [-0.05, 0) is 44.2 Å². The lowest BCUT2D eigenvalue weighted by molar-refractivity contribution is -0.116. The summed E-state index contributed by atoms with van der Waals surface area (Å²) in [6.45, 7) is 6.95. The Hall–Kier alpha value is -3.13. The normalized spacial score (nSPS) is 14.6. The van der Waals surface area contributed by atoms with Crippen molar-refractivity contribution in [2.24, 2.45) is 5.73 Å². The van der Waals surface area contributed by atoms with Crippen LogP contribution in [-0.2, 0) is 4.79 Å². The van der Waals surface area contributed by atoms with Crippen LogP contribution in [0.5, 0.6) is 0 Å². The molecule has 3 N–H and O–H groups in total. The minimum absolute atomic E-state index is 0.00356. The summed E-state index contributed by atoms with van der Waals surface area (Å²) in [4.78, 5) is 39.9. The molecule has 1 aromatic carbocycles. The Balaban J connectivity index is 1.42. The van der Waals surface area contributed by atoms with Gasteiger partial charge >= 0.3 is 0 Å². The zero-order valence-corrected chi connectivity index (χ0v) is 16.7. The van der Waals surface area contributed by atoms with E-state index in [1.54, 1.807) is 37.3 Å². The lowest BCUT2D eigenvalue weighted by atomic mass is 10.2. The number of hydrogen-bond acceptors (Lipinski definition) is 5. The Labute approximate surface area is 169 Å². The van der Waals surface area contributed by atoms with E-state index in [4.69, 9.17) is 10.2 Å². The maximum atomic E-state index is 12.6. The van der Waals surface area contributed by atoms with Crippen molar-refractivity contribution in [3.8, 4) is 0 Å². The third-order valence-electron chi connectivity index (χ3n) is 5.04. The lowest BCUT2D eigenvalue weighted by Crippen LogP contribution is -2.49. The summed E-state index contributed by atoms with van der Waals surface area (Å²) in [6, 6.07) is 8.25. The molecule has 1 aromatic heterocycles. The number of furan rings is 1. The first kappa shape index (κ1) is 20.6. The molecule has 0 atom stereocenters. The van der Waals surface area contributed by atoms with E-state index in [0.29, 0.717) is 48.6 Å². The van der Waals surface area contributed by atoms with Gasteiger partial charge in [-0.2, -0.15) is 0 Å². The molecule has 3 rings (SSSR count). The highest BCUT2D eigenvalue weighted by molar-refractivity contribution is 5.95. The van der Waals surface area contributed by atoms with Gasteiger partial charge in [-0.15, -0.1) is 0 Å². The average molecular weight is 398 g/mol. The second-order valence-corrected chi connectivity index (χ2v) is 7.20. The molecule has 2 aromatic rings. The van der Waals surface area contributed by atoms with Gasteiger partial charge < -0.3 is 20.4 Å². The molecule has 2 heterocycles. The fourth-order valence-electron chi connectivity index (χ4n) is 3.39. The van der Waals surface area contributed by atoms with Crippen LogP contribution in [0.4, 0.5) is 5.69 Å². The monoisotopic (exact) mass is 398 g/mol. The van der Waals surface area contributed by atoms with Crippen molar-refractivity contribution in [1.82, 2.24) is 9.80 Å². The molecule has 0 saturated carbocycles. The quantitative estimate of drug-likeness (QED) is 0.771. The molecule has 0 spiro atoms. The van der Waals surface area contributed by atoms with Gasteiger partial charge in [0.15, 0.2) is 0 Å². The van der Waals surface area contributed by atoms with Crippen LogP contribution in [-0.4, -0.2) is 60.2 Å². The minimum Gasteiger partial charge on any atom is -0.466 e. The zero-order chi connectivity index (χ0) is 21.0. The summed E-state index contributed by atoms with van der Waals surface area (Å²) in [7, 11) is 0. The van der Waals surface area contributed by atoms with E-state index in [2.05, 4.69) is 10.2 Å². The van der Waals surface area contributed by atoms with Crippen LogP contribution in [0.25, 0.3) is 0 Å². The molecule has 1 aliphatic rings. The van der Waals surface area contributed by atoms with Crippen molar-refractivity contribution in [3.63, 3.8) is 0 Å². The van der Waals surface area contributed by atoms with Gasteiger partial charge in [0.25, 0.3) is 5.91 Å². The van der Waals surface area contributed by atoms with Crippen LogP contribution in [0, 0.1) is 13.8 Å². The summed E-state index contributed by atoms with van der Waals surface area (Å²) >= 11 is 0. The standard InChI is InChI=1S/C21H26N4O4/c1-14-13-18(15(2)29-14)21(28)25-11-9-24(10-12-25)8-7-19(26)23-17-5-3-16(4-6-17)20(22)27/h3-6,13H,7-12H2,1-2H3,(H2,22,27)(H,23,26). The maximum Gasteiger partial charge on any atom is 0.257 e. The van der Waals surface area contributed by atoms with Gasteiger partial charge in [0.1, 0.15) is 11.5 Å². The number of hydrogen-bond donors (Lipinski definition) is 2. The van der Waals surface area contributed by atoms with Crippen molar-refractivity contribution in [3.05, 3.63) is 53.0 Å². The number of benzene rings is 1. The van der Waals surface area contributed by atoms with Crippen molar-refractivity contribution in [1.29, 1.82) is 0 Å². The number of aryl methyl sites for hydroxylation is 2. The Morgan fingerprint density at radius 1 is 1.07 bits per heavy atom. The van der Waals surface area contributed by atoms with E-state index in [1.165, 1.54) is 0 Å². The highest BCUT2D eigenvalue weighted by Gasteiger charge is 2.24. The number of carbonyl (C=O) groups excluding carboxylic acids is 3. The molecule has 3 amide bonds. The predicted molar refractivity (Wildman–Crippen MR) is 109 cm³/mol. The molecular formula is C21H26N4O4. The van der Waals surface area contributed by atoms with Gasteiger partial charge in [-0.3, -0.25) is 19.3 Å². The molecule has 1 saturated heterocycles. The second kappa shape index (κ2) is 8.91. The van der Waals surface area contributed by atoms with Gasteiger partial charge in [-0.25, -0.2) is 0 Å². The first-order chi connectivity index (χ1) is 13.8. The van der Waals surface area contributed by atoms with Crippen LogP contribution in [0.1, 0.15) is 38.7 Å². The fraction of sp³-hybridized carbons (Fsp3) is 0.381. The summed E-state index contributed by atoms with van der Waals surface area (Å²) < 4.78 is 5.45. The fourth-order valence-corrected chi connectivity index (χ4v) is 3.39. The topological polar surface area (TPSA) is 109 Å². The summed E-state index contributed by atoms with van der Waals surface area (Å²) in [5.41, 5.74) is 6.85. The zero-order valence-electron chi connectivity index (χ0n) is 16.7. The third-order valence-corrected chi connectivity index (χ3v) is 5.04. The molecule has 1 aliphatic heterocycles. The maximum absolute atomic E-state index is 12.6. The molecule has 8 nitrogen and oxygen atoms in total. The van der Waals surface area contributed by atoms with E-state index in [-0.39, 0.29) is 11.8 Å². The highest BCUT2D eigenvalue weighted by atomic mass is 16.3. The van der Waals surface area contributed by atoms with E-state index in [0.717, 1.165) is 18.8 Å². The minimum atomic E-state index is -0.501. The van der Waals surface area contributed by atoms with E-state index in [1.807, 2.05) is 11.8 Å². The molecule has 0 radical (unpaired) electrons. The summed E-state index contributed by atoms with van der Waals surface area (Å²) in [5.74, 6) is 0.782. The molecular weight excluding hydrogens is 372 g/mol. The lowest BCUT2D eigenvalue weighted by Gasteiger charge is -2.34. The van der Waals surface area contributed by atoms with Gasteiger partial charge in [0.2, 0.25) is 11.8 Å². The number of carbonyl (C=O) groups is 3. The van der Waals surface area contributed by atoms with Crippen molar-refractivity contribution in [2.45, 2.75) is 20.3 Å². The van der Waals surface area contributed by atoms with Crippen LogP contribution in [0.3, 0.4) is 0 Å². The van der Waals surface area contributed by atoms with Crippen molar-refractivity contribution in [2.75, 3.05) is 38.0 Å². The van der Waals surface area contributed by atoms with Crippen LogP contribution in [0.15, 0.2) is 34.7 Å². The molecule has 154 valence electrons. The average Bonchev–Trinajstić information content (AvgIpc) is 3.04. The largest absolute Gasteiger partial charge is 0.466 e.